The number of aryl methyl sites for hydroxylation is 1. The number of anilines is 1. The topological polar surface area (TPSA) is 8.17 Å². The van der Waals surface area contributed by atoms with Crippen molar-refractivity contribution in [3.63, 3.8) is 0 Å². The van der Waals surface area contributed by atoms with Crippen LogP contribution in [0, 0.1) is 0 Å². The predicted octanol–water partition coefficient (Wildman–Crippen LogP) is 10.9. The van der Waals surface area contributed by atoms with Crippen molar-refractivity contribution in [2.45, 2.75) is 50.4 Å². The van der Waals surface area contributed by atoms with Gasteiger partial charge in [-0.2, -0.15) is 0 Å². The van der Waals surface area contributed by atoms with Gasteiger partial charge >= 0.3 is 0 Å². The SMILES string of the molecule is C1=CCCC(n2c3c(c4cc(C5C=CC(N(C6=CCC(c7ccccc7)C=C6)c6ccccc6)=CC5)ccc42)CCC=C3)=C1. The molecule has 0 radical (unpaired) electrons. The molecule has 0 spiro atoms. The van der Waals surface area contributed by atoms with Crippen molar-refractivity contribution in [1.82, 2.24) is 4.57 Å². The minimum absolute atomic E-state index is 0.370. The van der Waals surface area contributed by atoms with E-state index in [1.54, 1.807) is 0 Å². The summed E-state index contributed by atoms with van der Waals surface area (Å²) in [6.07, 6.45) is 32.2. The van der Waals surface area contributed by atoms with Gasteiger partial charge < -0.3 is 9.47 Å². The van der Waals surface area contributed by atoms with E-state index in [9.17, 15) is 0 Å². The summed E-state index contributed by atoms with van der Waals surface area (Å²) in [5, 5.41) is 1.43. The average Bonchev–Trinajstić information content (AvgIpc) is 3.44. The van der Waals surface area contributed by atoms with Gasteiger partial charge in [0.25, 0.3) is 0 Å². The summed E-state index contributed by atoms with van der Waals surface area (Å²) in [4.78, 5) is 2.42. The lowest BCUT2D eigenvalue weighted by Gasteiger charge is -2.31. The normalized spacial score (nSPS) is 20.7. The fourth-order valence-electron chi connectivity index (χ4n) is 7.34. The standard InChI is InChI=1S/C42H38N2/c1-4-12-31(13-5-1)32-20-25-37(26-21-32)43(35-14-6-2-7-15-35)38-27-22-33(23-28-38)34-24-29-42-40(30-34)39-18-10-11-19-41(39)44(42)36-16-8-3-9-17-36/h1-8,11-16,19-20,22,24-30,32-33H,9-10,17-18,21,23H2. The number of benzene rings is 3. The fourth-order valence-corrected chi connectivity index (χ4v) is 7.34. The van der Waals surface area contributed by atoms with E-state index in [-0.39, 0.29) is 0 Å². The average molecular weight is 571 g/mol. The minimum atomic E-state index is 0.370. The van der Waals surface area contributed by atoms with E-state index in [1.807, 2.05) is 0 Å². The van der Waals surface area contributed by atoms with Gasteiger partial charge in [-0.1, -0.05) is 97.1 Å². The third-order valence-electron chi connectivity index (χ3n) is 9.60. The Hall–Kier alpha value is -4.82. The first kappa shape index (κ1) is 26.8. The Morgan fingerprint density at radius 1 is 0.659 bits per heavy atom. The number of nitrogens with zero attached hydrogens (tertiary/aromatic N) is 2. The first-order valence-corrected chi connectivity index (χ1v) is 16.2. The molecule has 0 bridgehead atoms. The molecule has 2 heteroatoms. The summed E-state index contributed by atoms with van der Waals surface area (Å²) in [7, 11) is 0. The van der Waals surface area contributed by atoms with Crippen molar-refractivity contribution in [1.29, 1.82) is 0 Å². The molecule has 1 heterocycles. The fraction of sp³-hybridized carbons (Fsp3) is 0.190. The molecule has 1 aromatic heterocycles. The maximum atomic E-state index is 2.52. The van der Waals surface area contributed by atoms with Crippen LogP contribution in [0.3, 0.4) is 0 Å². The number of aromatic nitrogens is 1. The number of allylic oxidation sites excluding steroid dienone is 11. The molecule has 2 atom stereocenters. The van der Waals surface area contributed by atoms with Gasteiger partial charge in [-0.15, -0.1) is 0 Å². The molecule has 2 nitrogen and oxygen atoms in total. The Labute approximate surface area is 261 Å². The van der Waals surface area contributed by atoms with Crippen LogP contribution in [0.2, 0.25) is 0 Å². The van der Waals surface area contributed by atoms with Crippen molar-refractivity contribution in [2.75, 3.05) is 4.90 Å². The summed E-state index contributed by atoms with van der Waals surface area (Å²) < 4.78 is 2.52. The molecule has 0 saturated heterocycles. The first-order valence-electron chi connectivity index (χ1n) is 16.2. The highest BCUT2D eigenvalue weighted by Gasteiger charge is 2.24. The Balaban J connectivity index is 1.09. The Morgan fingerprint density at radius 3 is 2.05 bits per heavy atom. The molecule has 0 aliphatic heterocycles. The molecule has 3 aromatic carbocycles. The quantitative estimate of drug-likeness (QED) is 0.224. The highest BCUT2D eigenvalue weighted by atomic mass is 15.2. The molecule has 4 aliphatic rings. The monoisotopic (exact) mass is 570 g/mol. The Bertz CT molecular complexity index is 1910. The molecule has 44 heavy (non-hydrogen) atoms. The van der Waals surface area contributed by atoms with Crippen molar-refractivity contribution in [3.8, 4) is 0 Å². The summed E-state index contributed by atoms with van der Waals surface area (Å²) in [6.45, 7) is 0. The number of fused-ring (bicyclic) bond motifs is 3. The third kappa shape index (κ3) is 4.95. The zero-order valence-electron chi connectivity index (χ0n) is 25.1. The zero-order chi connectivity index (χ0) is 29.3. The molecular formula is C42H38N2. The van der Waals surface area contributed by atoms with E-state index in [1.165, 1.54) is 56.1 Å². The number of hydrogen-bond donors (Lipinski definition) is 0. The van der Waals surface area contributed by atoms with E-state index in [0.29, 0.717) is 11.8 Å². The second kappa shape index (κ2) is 11.7. The first-order chi connectivity index (χ1) is 21.8. The second-order valence-electron chi connectivity index (χ2n) is 12.3. The van der Waals surface area contributed by atoms with Crippen LogP contribution in [0.5, 0.6) is 0 Å². The van der Waals surface area contributed by atoms with Crippen LogP contribution < -0.4 is 4.90 Å². The number of hydrogen-bond acceptors (Lipinski definition) is 1. The van der Waals surface area contributed by atoms with Crippen molar-refractivity contribution >= 4 is 28.4 Å². The van der Waals surface area contributed by atoms with Crippen LogP contribution in [0.25, 0.3) is 22.7 Å². The molecule has 0 saturated carbocycles. The highest BCUT2D eigenvalue weighted by molar-refractivity contribution is 5.93. The predicted molar refractivity (Wildman–Crippen MR) is 186 cm³/mol. The van der Waals surface area contributed by atoms with E-state index < -0.39 is 0 Å². The van der Waals surface area contributed by atoms with Crippen LogP contribution >= 0.6 is 0 Å². The van der Waals surface area contributed by atoms with E-state index >= 15 is 0 Å². The Kier molecular flexibility index (Phi) is 7.12. The summed E-state index contributed by atoms with van der Waals surface area (Å²) in [5.74, 6) is 0.795. The van der Waals surface area contributed by atoms with Crippen molar-refractivity contribution < 1.29 is 0 Å². The van der Waals surface area contributed by atoms with Crippen molar-refractivity contribution in [2.24, 2.45) is 0 Å². The maximum Gasteiger partial charge on any atom is 0.0534 e. The van der Waals surface area contributed by atoms with Crippen LogP contribution in [0.4, 0.5) is 5.69 Å². The smallest absolute Gasteiger partial charge is 0.0534 e. The van der Waals surface area contributed by atoms with Gasteiger partial charge in [-0.05, 0) is 104 Å². The molecule has 2 unspecified atom stereocenters. The molecule has 0 fully saturated rings. The summed E-state index contributed by atoms with van der Waals surface area (Å²) >= 11 is 0. The van der Waals surface area contributed by atoms with Gasteiger partial charge in [0.15, 0.2) is 0 Å². The molecular weight excluding hydrogens is 532 g/mol. The highest BCUT2D eigenvalue weighted by Crippen LogP contribution is 2.39. The zero-order valence-corrected chi connectivity index (χ0v) is 25.1. The molecule has 4 aromatic rings. The second-order valence-corrected chi connectivity index (χ2v) is 12.3. The minimum Gasteiger partial charge on any atom is -0.313 e. The third-order valence-corrected chi connectivity index (χ3v) is 9.60. The van der Waals surface area contributed by atoms with Crippen LogP contribution in [-0.2, 0) is 6.42 Å². The van der Waals surface area contributed by atoms with Crippen molar-refractivity contribution in [3.05, 3.63) is 173 Å². The molecule has 0 amide bonds. The van der Waals surface area contributed by atoms with E-state index in [0.717, 1.165) is 38.5 Å². The van der Waals surface area contributed by atoms with Gasteiger partial charge in [-0.3, -0.25) is 0 Å². The van der Waals surface area contributed by atoms with Gasteiger partial charge in [0.2, 0.25) is 0 Å². The van der Waals surface area contributed by atoms with Crippen LogP contribution in [0.15, 0.2) is 151 Å². The molecule has 8 rings (SSSR count). The van der Waals surface area contributed by atoms with Gasteiger partial charge in [0, 0.05) is 45.7 Å². The van der Waals surface area contributed by atoms with Gasteiger partial charge in [0.05, 0.1) is 5.52 Å². The molecule has 4 aliphatic carbocycles. The van der Waals surface area contributed by atoms with E-state index in [4.69, 9.17) is 0 Å². The largest absolute Gasteiger partial charge is 0.313 e. The lowest BCUT2D eigenvalue weighted by molar-refractivity contribution is 0.824. The van der Waals surface area contributed by atoms with Crippen LogP contribution in [0.1, 0.15) is 66.3 Å². The van der Waals surface area contributed by atoms with E-state index in [2.05, 4.69) is 155 Å². The number of rotatable bonds is 6. The molecule has 216 valence electrons. The molecule has 0 N–H and O–H groups in total. The van der Waals surface area contributed by atoms with Gasteiger partial charge in [-0.25, -0.2) is 0 Å². The lowest BCUT2D eigenvalue weighted by atomic mass is 9.89. The lowest BCUT2D eigenvalue weighted by Crippen LogP contribution is -2.22. The summed E-state index contributed by atoms with van der Waals surface area (Å²) in [6, 6.07) is 28.9. The Morgan fingerprint density at radius 2 is 1.36 bits per heavy atom. The summed E-state index contributed by atoms with van der Waals surface area (Å²) in [5.41, 5.74) is 12.1. The maximum absolute atomic E-state index is 2.52. The number of para-hydroxylation sites is 1. The van der Waals surface area contributed by atoms with Crippen LogP contribution in [-0.4, -0.2) is 4.57 Å². The van der Waals surface area contributed by atoms with Gasteiger partial charge in [0.1, 0.15) is 0 Å².